The van der Waals surface area contributed by atoms with Crippen molar-refractivity contribution in [2.24, 2.45) is 5.41 Å². The largest absolute Gasteiger partial charge is 0.425 e. The molecule has 210 valence electrons. The number of amides is 4. The molecule has 0 spiro atoms. The second-order valence-corrected chi connectivity index (χ2v) is 11.4. The van der Waals surface area contributed by atoms with Gasteiger partial charge in [-0.15, -0.1) is 0 Å². The van der Waals surface area contributed by atoms with Crippen molar-refractivity contribution in [2.75, 3.05) is 6.54 Å². The third-order valence-electron chi connectivity index (χ3n) is 7.44. The Morgan fingerprint density at radius 2 is 1.74 bits per heavy atom. The molecule has 1 saturated carbocycles. The fourth-order valence-electron chi connectivity index (χ4n) is 5.25. The van der Waals surface area contributed by atoms with E-state index in [1.165, 1.54) is 6.42 Å². The third-order valence-corrected chi connectivity index (χ3v) is 7.44. The zero-order valence-electron chi connectivity index (χ0n) is 23.3. The van der Waals surface area contributed by atoms with Gasteiger partial charge in [-0.25, -0.2) is 9.59 Å². The van der Waals surface area contributed by atoms with Crippen molar-refractivity contribution >= 4 is 23.8 Å². The average molecular weight is 529 g/mol. The number of carbonyl (C=O) groups excluding carboxylic acids is 4. The van der Waals surface area contributed by atoms with Gasteiger partial charge in [-0.1, -0.05) is 83.2 Å². The lowest BCUT2D eigenvalue weighted by Gasteiger charge is -2.29. The van der Waals surface area contributed by atoms with Crippen molar-refractivity contribution in [3.8, 4) is 0 Å². The Balaban J connectivity index is 1.61. The third kappa shape index (κ3) is 8.46. The highest BCUT2D eigenvalue weighted by atomic mass is 16.6. The number of ether oxygens (including phenoxy) is 1. The summed E-state index contributed by atoms with van der Waals surface area (Å²) in [4.78, 5) is 53.4. The van der Waals surface area contributed by atoms with Gasteiger partial charge in [0.25, 0.3) is 5.91 Å². The van der Waals surface area contributed by atoms with Gasteiger partial charge in [0.05, 0.1) is 6.04 Å². The molecular weight excluding hydrogens is 484 g/mol. The van der Waals surface area contributed by atoms with E-state index in [4.69, 9.17) is 4.74 Å². The monoisotopic (exact) mass is 528 g/mol. The number of nitrogens with one attached hydrogen (secondary N) is 3. The Kier molecular flexibility index (Phi) is 10.6. The van der Waals surface area contributed by atoms with Crippen LogP contribution in [0.1, 0.15) is 97.1 Å². The molecule has 4 amide bonds. The Bertz CT molecular complexity index is 961. The maximum absolute atomic E-state index is 13.1. The normalized spacial score (nSPS) is 20.7. The van der Waals surface area contributed by atoms with Gasteiger partial charge in [0, 0.05) is 19.0 Å². The highest BCUT2D eigenvalue weighted by Gasteiger charge is 2.43. The van der Waals surface area contributed by atoms with Crippen LogP contribution in [0.2, 0.25) is 0 Å². The number of benzene rings is 1. The molecule has 9 heteroatoms. The first-order chi connectivity index (χ1) is 18.1. The van der Waals surface area contributed by atoms with E-state index in [-0.39, 0.29) is 23.5 Å². The van der Waals surface area contributed by atoms with Crippen molar-refractivity contribution in [3.05, 3.63) is 35.9 Å². The van der Waals surface area contributed by atoms with Gasteiger partial charge in [-0.05, 0) is 37.2 Å². The minimum atomic E-state index is -1.01. The van der Waals surface area contributed by atoms with Crippen LogP contribution in [0, 0.1) is 5.41 Å². The summed E-state index contributed by atoms with van der Waals surface area (Å²) in [5, 5.41) is 8.44. The minimum absolute atomic E-state index is 0.141. The molecule has 2 aliphatic rings. The van der Waals surface area contributed by atoms with Crippen LogP contribution in [-0.2, 0) is 14.3 Å². The van der Waals surface area contributed by atoms with Crippen LogP contribution in [-0.4, -0.2) is 53.6 Å². The van der Waals surface area contributed by atoms with E-state index in [1.807, 2.05) is 51.1 Å². The predicted molar refractivity (Wildman–Crippen MR) is 145 cm³/mol. The summed E-state index contributed by atoms with van der Waals surface area (Å²) in [5.74, 6) is -1.46. The topological polar surface area (TPSA) is 117 Å². The number of rotatable bonds is 10. The first-order valence-corrected chi connectivity index (χ1v) is 14.0. The highest BCUT2D eigenvalue weighted by molar-refractivity contribution is 6.38. The van der Waals surface area contributed by atoms with Crippen LogP contribution in [0.15, 0.2) is 30.3 Å². The SMILES string of the molecule is CCCC[C@H](NC(=O)OC1CC(C)(C)CN1C(=O)NC1CCCCC1)C(=O)C(=O)N[C@H](C)c1ccccc1. The molecule has 1 aromatic carbocycles. The van der Waals surface area contributed by atoms with E-state index < -0.39 is 30.1 Å². The molecule has 1 saturated heterocycles. The van der Waals surface area contributed by atoms with Crippen LogP contribution in [0.25, 0.3) is 0 Å². The first kappa shape index (κ1) is 29.5. The molecule has 1 heterocycles. The van der Waals surface area contributed by atoms with E-state index in [2.05, 4.69) is 16.0 Å². The van der Waals surface area contributed by atoms with Crippen molar-refractivity contribution < 1.29 is 23.9 Å². The molecule has 0 bridgehead atoms. The number of hydrogen-bond acceptors (Lipinski definition) is 5. The Morgan fingerprint density at radius 1 is 1.05 bits per heavy atom. The van der Waals surface area contributed by atoms with Crippen LogP contribution in [0.4, 0.5) is 9.59 Å². The van der Waals surface area contributed by atoms with Crippen LogP contribution in [0.5, 0.6) is 0 Å². The molecule has 3 rings (SSSR count). The second-order valence-electron chi connectivity index (χ2n) is 11.4. The van der Waals surface area contributed by atoms with E-state index in [9.17, 15) is 19.2 Å². The number of Topliss-reactive ketones (excluding diaryl/α,β-unsaturated/α-hetero) is 1. The molecule has 38 heavy (non-hydrogen) atoms. The zero-order chi connectivity index (χ0) is 27.7. The van der Waals surface area contributed by atoms with Crippen LogP contribution in [0.3, 0.4) is 0 Å². The predicted octanol–water partition coefficient (Wildman–Crippen LogP) is 4.82. The number of urea groups is 1. The summed E-state index contributed by atoms with van der Waals surface area (Å²) >= 11 is 0. The Morgan fingerprint density at radius 3 is 2.39 bits per heavy atom. The van der Waals surface area contributed by atoms with E-state index in [0.29, 0.717) is 25.8 Å². The van der Waals surface area contributed by atoms with E-state index in [0.717, 1.165) is 37.7 Å². The summed E-state index contributed by atoms with van der Waals surface area (Å²) in [5.41, 5.74) is 0.654. The number of alkyl carbamates (subject to hydrolysis) is 1. The van der Waals surface area contributed by atoms with Crippen molar-refractivity contribution in [1.29, 1.82) is 0 Å². The van der Waals surface area contributed by atoms with Gasteiger partial charge in [0.15, 0.2) is 6.23 Å². The molecule has 1 aliphatic carbocycles. The van der Waals surface area contributed by atoms with Gasteiger partial charge < -0.3 is 20.7 Å². The molecule has 1 unspecified atom stereocenters. The fraction of sp³-hybridized carbons (Fsp3) is 0.655. The van der Waals surface area contributed by atoms with Gasteiger partial charge >= 0.3 is 12.1 Å². The summed E-state index contributed by atoms with van der Waals surface area (Å²) < 4.78 is 5.69. The first-order valence-electron chi connectivity index (χ1n) is 14.0. The number of hydrogen-bond donors (Lipinski definition) is 3. The zero-order valence-corrected chi connectivity index (χ0v) is 23.3. The summed E-state index contributed by atoms with van der Waals surface area (Å²) in [7, 11) is 0. The lowest BCUT2D eigenvalue weighted by molar-refractivity contribution is -0.139. The van der Waals surface area contributed by atoms with E-state index >= 15 is 0 Å². The number of carbonyl (C=O) groups is 4. The standard InChI is InChI=1S/C29H44N4O5/c1-5-6-17-23(25(34)26(35)30-20(2)21-13-9-7-10-14-21)32-28(37)38-24-18-29(3,4)19-33(24)27(36)31-22-15-11-8-12-16-22/h7,9-10,13-14,20,22-24H,5-6,8,11-12,15-19H2,1-4H3,(H,30,35)(H,31,36)(H,32,37)/t20-,23+,24?/m1/s1. The summed E-state index contributed by atoms with van der Waals surface area (Å²) in [6.07, 6.45) is 6.02. The summed E-state index contributed by atoms with van der Waals surface area (Å²) in [6, 6.07) is 7.90. The van der Waals surface area contributed by atoms with Crippen LogP contribution < -0.4 is 16.0 Å². The molecule has 0 radical (unpaired) electrons. The van der Waals surface area contributed by atoms with Crippen molar-refractivity contribution in [2.45, 2.75) is 110 Å². The minimum Gasteiger partial charge on any atom is -0.425 e. The lowest BCUT2D eigenvalue weighted by Crippen LogP contribution is -2.51. The van der Waals surface area contributed by atoms with Gasteiger partial charge in [0.1, 0.15) is 6.04 Å². The second kappa shape index (κ2) is 13.6. The number of ketones is 1. The van der Waals surface area contributed by atoms with Crippen LogP contribution >= 0.6 is 0 Å². The number of nitrogens with zero attached hydrogens (tertiary/aromatic N) is 1. The van der Waals surface area contributed by atoms with Crippen molar-refractivity contribution in [1.82, 2.24) is 20.9 Å². The molecule has 0 aromatic heterocycles. The maximum Gasteiger partial charge on any atom is 0.409 e. The van der Waals surface area contributed by atoms with Crippen molar-refractivity contribution in [3.63, 3.8) is 0 Å². The molecule has 3 atom stereocenters. The lowest BCUT2D eigenvalue weighted by atomic mass is 9.93. The molecule has 3 N–H and O–H groups in total. The smallest absolute Gasteiger partial charge is 0.409 e. The molecule has 1 aromatic rings. The number of unbranched alkanes of at least 4 members (excludes halogenated alkanes) is 1. The van der Waals surface area contributed by atoms with Gasteiger partial charge in [-0.2, -0.15) is 0 Å². The molecule has 1 aliphatic heterocycles. The van der Waals surface area contributed by atoms with Gasteiger partial charge in [-0.3, -0.25) is 14.5 Å². The quantitative estimate of drug-likeness (QED) is 0.377. The number of likely N-dealkylation sites (tertiary alicyclic amines) is 1. The van der Waals surface area contributed by atoms with E-state index in [1.54, 1.807) is 11.8 Å². The highest BCUT2D eigenvalue weighted by Crippen LogP contribution is 2.35. The molecule has 2 fully saturated rings. The Labute approximate surface area is 226 Å². The molecular formula is C29H44N4O5. The van der Waals surface area contributed by atoms with Gasteiger partial charge in [0.2, 0.25) is 5.78 Å². The summed E-state index contributed by atoms with van der Waals surface area (Å²) in [6.45, 7) is 8.29. The average Bonchev–Trinajstić information content (AvgIpc) is 3.20. The Hall–Kier alpha value is -3.10. The maximum atomic E-state index is 13.1. The molecule has 9 nitrogen and oxygen atoms in total. The fourth-order valence-corrected chi connectivity index (χ4v) is 5.25.